The molecule has 16 nitrogen and oxygen atoms in total. The molecule has 0 aromatic carbocycles. The van der Waals surface area contributed by atoms with Crippen LogP contribution >= 0.6 is 0 Å². The fourth-order valence-corrected chi connectivity index (χ4v) is 8.16. The van der Waals surface area contributed by atoms with Crippen molar-refractivity contribution in [1.29, 1.82) is 10.5 Å². The van der Waals surface area contributed by atoms with Gasteiger partial charge in [0.15, 0.2) is 17.7 Å². The van der Waals surface area contributed by atoms with Crippen molar-refractivity contribution in [2.24, 2.45) is 16.2 Å². The number of hydrogen-bond donors (Lipinski definition) is 3. The van der Waals surface area contributed by atoms with Gasteiger partial charge in [0.25, 0.3) is 0 Å². The number of nitrogens with one attached hydrogen (secondary N) is 3. The highest BCUT2D eigenvalue weighted by molar-refractivity contribution is 5.83. The summed E-state index contributed by atoms with van der Waals surface area (Å²) in [6.45, 7) is 47.9. The van der Waals surface area contributed by atoms with E-state index in [1.165, 1.54) is 0 Å². The lowest BCUT2D eigenvalue weighted by molar-refractivity contribution is -0.105. The van der Waals surface area contributed by atoms with E-state index in [0.717, 1.165) is 0 Å². The molecule has 0 aromatic heterocycles. The van der Waals surface area contributed by atoms with Gasteiger partial charge in [-0.05, 0) is 71.5 Å². The number of hydrogen-bond acceptors (Lipinski definition) is 12. The van der Waals surface area contributed by atoms with E-state index < -0.39 is 0 Å². The zero-order chi connectivity index (χ0) is 47.3. The third-order valence-corrected chi connectivity index (χ3v) is 11.1. The average molecular weight is 873 g/mol. The monoisotopic (exact) mass is 872 g/mol. The van der Waals surface area contributed by atoms with Gasteiger partial charge in [-0.25, -0.2) is 19.4 Å². The quantitative estimate of drug-likeness (QED) is 0.0321. The first kappa shape index (κ1) is 52.0. The molecule has 64 heavy (non-hydrogen) atoms. The Bertz CT molecular complexity index is 1970. The van der Waals surface area contributed by atoms with Gasteiger partial charge in [-0.2, -0.15) is 10.5 Å². The van der Waals surface area contributed by atoms with Gasteiger partial charge in [-0.1, -0.05) is 41.5 Å². The number of nitrogens with zero attached hydrogens (tertiary/aromatic N) is 7. The van der Waals surface area contributed by atoms with Gasteiger partial charge in [-0.15, -0.1) is 0 Å². The van der Waals surface area contributed by atoms with Crippen LogP contribution < -0.4 is 16.0 Å². The van der Waals surface area contributed by atoms with Crippen LogP contribution in [-0.2, 0) is 28.6 Å². The molecule has 338 valence electrons. The fraction of sp³-hybridized carbons (Fsp3) is 0.562. The van der Waals surface area contributed by atoms with Crippen LogP contribution in [0.1, 0.15) is 80.1 Å². The Hall–Kier alpha value is -6.37. The normalized spacial score (nSPS) is 20.0. The fourth-order valence-electron chi connectivity index (χ4n) is 8.16. The predicted molar refractivity (Wildman–Crippen MR) is 240 cm³/mol. The molecule has 0 aliphatic heterocycles. The molecule has 16 heteroatoms. The maximum Gasteiger partial charge on any atom is 0.219 e. The van der Waals surface area contributed by atoms with E-state index in [0.29, 0.717) is 187 Å². The Labute approximate surface area is 378 Å². The topological polar surface area (TPSA) is 183 Å². The van der Waals surface area contributed by atoms with Gasteiger partial charge in [0.2, 0.25) is 11.4 Å². The maximum absolute atomic E-state index is 11.6. The summed E-state index contributed by atoms with van der Waals surface area (Å²) < 4.78 is 18.0. The van der Waals surface area contributed by atoms with Crippen LogP contribution in [0.3, 0.4) is 0 Å². The first-order valence-electron chi connectivity index (χ1n) is 21.3. The third-order valence-electron chi connectivity index (χ3n) is 11.1. The summed E-state index contributed by atoms with van der Waals surface area (Å²) in [6, 6.07) is 4.12. The second kappa shape index (κ2) is 25.1. The van der Waals surface area contributed by atoms with Crippen molar-refractivity contribution in [3.8, 4) is 12.1 Å². The molecule has 0 radical (unpaired) electrons. The zero-order valence-electron chi connectivity index (χ0n) is 38.0. The summed E-state index contributed by atoms with van der Waals surface area (Å²) in [4.78, 5) is 51.0. The zero-order valence-corrected chi connectivity index (χ0v) is 38.0. The number of aldehydes is 3. The van der Waals surface area contributed by atoms with Crippen LogP contribution in [0.25, 0.3) is 19.4 Å². The van der Waals surface area contributed by atoms with Crippen LogP contribution in [0.15, 0.2) is 67.7 Å². The predicted octanol–water partition coefficient (Wildman–Crippen LogP) is 6.37. The lowest BCUT2D eigenvalue weighted by Crippen LogP contribution is -2.35. The van der Waals surface area contributed by atoms with Crippen molar-refractivity contribution in [3.63, 3.8) is 0 Å². The van der Waals surface area contributed by atoms with Crippen LogP contribution in [0.2, 0.25) is 0 Å². The van der Waals surface area contributed by atoms with Crippen molar-refractivity contribution in [3.05, 3.63) is 113 Å². The van der Waals surface area contributed by atoms with Crippen molar-refractivity contribution < 1.29 is 28.6 Å². The van der Waals surface area contributed by atoms with E-state index >= 15 is 0 Å². The second-order valence-electron chi connectivity index (χ2n) is 18.2. The molecule has 0 spiro atoms. The smallest absolute Gasteiger partial charge is 0.219 e. The molecule has 0 fully saturated rings. The van der Waals surface area contributed by atoms with Crippen molar-refractivity contribution in [2.75, 3.05) is 78.9 Å². The van der Waals surface area contributed by atoms with Gasteiger partial charge in [-0.3, -0.25) is 9.69 Å². The van der Waals surface area contributed by atoms with Gasteiger partial charge < -0.3 is 39.8 Å². The van der Waals surface area contributed by atoms with Crippen molar-refractivity contribution in [2.45, 2.75) is 80.1 Å². The van der Waals surface area contributed by atoms with Gasteiger partial charge >= 0.3 is 0 Å². The lowest BCUT2D eigenvalue weighted by atomic mass is 9.73. The minimum Gasteiger partial charge on any atom is -0.395 e. The molecule has 3 rings (SSSR count). The average Bonchev–Trinajstić information content (AvgIpc) is 3.24. The number of ether oxygens (including phenoxy) is 3. The summed E-state index contributed by atoms with van der Waals surface area (Å²) in [7, 11) is 0. The minimum atomic E-state index is -0.252. The SMILES string of the molecule is [C-]#[N+]C1=C(NCCOCCN(CCOCCNC2=C([N+]#[C-])/C(=C(/C=O)[N+]#[C-])CC(C)(C)C2)CCOCCNC2=C(C#N)/C(=C(\C#N)C=O)CC(C)(C)C2)CC(C)(C)C/C1=C(\C=O)[N+]#[C-]. The highest BCUT2D eigenvalue weighted by Crippen LogP contribution is 2.44. The Morgan fingerprint density at radius 3 is 1.30 bits per heavy atom. The van der Waals surface area contributed by atoms with Gasteiger partial charge in [0.1, 0.15) is 24.7 Å². The highest BCUT2D eigenvalue weighted by atomic mass is 16.5. The molecular formula is C48H60N10O6. The molecule has 0 unspecified atom stereocenters. The number of allylic oxidation sites excluding steroid dienone is 10. The Morgan fingerprint density at radius 2 is 0.969 bits per heavy atom. The summed E-state index contributed by atoms with van der Waals surface area (Å²) in [5.41, 5.74) is 3.64. The molecule has 3 N–H and O–H groups in total. The highest BCUT2D eigenvalue weighted by Gasteiger charge is 2.35. The summed E-state index contributed by atoms with van der Waals surface area (Å²) in [5, 5.41) is 29.4. The molecular weight excluding hydrogens is 813 g/mol. The number of nitriles is 2. The summed E-state index contributed by atoms with van der Waals surface area (Å²) in [5.74, 6) is 0. The number of carbonyl (C=O) groups excluding carboxylic acids is 3. The van der Waals surface area contributed by atoms with Crippen LogP contribution in [-0.4, -0.2) is 103 Å². The minimum absolute atomic E-state index is 0.0310. The van der Waals surface area contributed by atoms with Crippen molar-refractivity contribution >= 4 is 18.9 Å². The number of carbonyl (C=O) groups is 3. The molecule has 0 aromatic rings. The van der Waals surface area contributed by atoms with E-state index in [1.54, 1.807) is 0 Å². The van der Waals surface area contributed by atoms with Gasteiger partial charge in [0.05, 0.1) is 77.1 Å². The Kier molecular flexibility index (Phi) is 20.4. The van der Waals surface area contributed by atoms with Crippen LogP contribution in [0.5, 0.6) is 0 Å². The Balaban J connectivity index is 1.60. The van der Waals surface area contributed by atoms with E-state index in [2.05, 4.69) is 46.3 Å². The van der Waals surface area contributed by atoms with Crippen LogP contribution in [0.4, 0.5) is 0 Å². The Morgan fingerprint density at radius 1 is 0.594 bits per heavy atom. The molecule has 0 bridgehead atoms. The van der Waals surface area contributed by atoms with Crippen LogP contribution in [0, 0.1) is 65.2 Å². The second-order valence-corrected chi connectivity index (χ2v) is 18.2. The largest absolute Gasteiger partial charge is 0.395 e. The molecule has 0 atom stereocenters. The van der Waals surface area contributed by atoms with Crippen molar-refractivity contribution in [1.82, 2.24) is 20.9 Å². The molecule has 3 aliphatic rings. The van der Waals surface area contributed by atoms with E-state index in [9.17, 15) is 24.9 Å². The maximum atomic E-state index is 11.6. The summed E-state index contributed by atoms with van der Waals surface area (Å²) in [6.07, 6.45) is 4.72. The van der Waals surface area contributed by atoms with E-state index in [1.807, 2.05) is 47.6 Å². The third kappa shape index (κ3) is 15.2. The first-order chi connectivity index (χ1) is 30.6. The molecule has 0 heterocycles. The van der Waals surface area contributed by atoms with Gasteiger partial charge in [0, 0.05) is 56.4 Å². The molecule has 0 saturated heterocycles. The number of rotatable bonds is 24. The standard InChI is InChI=1S/C48H60N10O6/c1-46(2)23-35(34(29-49)31-59)38(30-50)39(26-46)55-11-17-62-20-14-58(15-21-63-18-12-56-40-27-47(3,4)24-36(44(40)53-9)42(32-60)51-7)16-22-64-19-13-57-41-28-48(5,6)25-37(45(41)54-10)43(33-61)52-8/h31-33,55-57H,11-28H2,1-6H3/b35-34+,42-36-,43-37-. The molecule has 0 saturated carbocycles. The molecule has 0 amide bonds. The summed E-state index contributed by atoms with van der Waals surface area (Å²) >= 11 is 0. The first-order valence-corrected chi connectivity index (χ1v) is 21.3. The lowest BCUT2D eigenvalue weighted by Gasteiger charge is -2.34. The van der Waals surface area contributed by atoms with E-state index in [-0.39, 0.29) is 33.2 Å². The molecule has 3 aliphatic carbocycles. The van der Waals surface area contributed by atoms with E-state index in [4.69, 9.17) is 40.5 Å².